The second kappa shape index (κ2) is 6.93. The van der Waals surface area contributed by atoms with Crippen LogP contribution in [0.1, 0.15) is 20.8 Å². The molecule has 3 atom stereocenters. The summed E-state index contributed by atoms with van der Waals surface area (Å²) >= 11 is 0. The number of carbonyl (C=O) groups is 1. The van der Waals surface area contributed by atoms with Gasteiger partial charge in [-0.3, -0.25) is 9.69 Å². The molecule has 5 heteroatoms. The fourth-order valence-corrected chi connectivity index (χ4v) is 1.99. The molecule has 1 heterocycles. The molecule has 1 N–H and O–H groups in total. The van der Waals surface area contributed by atoms with E-state index in [4.69, 9.17) is 9.47 Å². The maximum atomic E-state index is 11.8. The lowest BCUT2D eigenvalue weighted by molar-refractivity contribution is -0.126. The summed E-state index contributed by atoms with van der Waals surface area (Å²) in [5.74, 6) is 0.0514. The molecular formula is C12H24N2O3. The maximum absolute atomic E-state index is 11.8. The maximum Gasteiger partial charge on any atom is 0.234 e. The van der Waals surface area contributed by atoms with Crippen LogP contribution in [0, 0.1) is 0 Å². The summed E-state index contributed by atoms with van der Waals surface area (Å²) in [4.78, 5) is 14.0. The van der Waals surface area contributed by atoms with Crippen molar-refractivity contribution in [1.82, 2.24) is 10.2 Å². The number of morpholine rings is 1. The van der Waals surface area contributed by atoms with Crippen molar-refractivity contribution in [2.45, 2.75) is 39.0 Å². The van der Waals surface area contributed by atoms with Crippen molar-refractivity contribution in [1.29, 1.82) is 0 Å². The average molecular weight is 244 g/mol. The van der Waals surface area contributed by atoms with Crippen molar-refractivity contribution in [2.24, 2.45) is 0 Å². The number of nitrogens with zero attached hydrogens (tertiary/aromatic N) is 1. The number of methoxy groups -OCH3 is 1. The molecule has 0 aromatic carbocycles. The Bertz CT molecular complexity index is 248. The summed E-state index contributed by atoms with van der Waals surface area (Å²) in [6.07, 6.45) is 0.204. The topological polar surface area (TPSA) is 50.8 Å². The van der Waals surface area contributed by atoms with E-state index in [9.17, 15) is 4.79 Å². The third-order valence-electron chi connectivity index (χ3n) is 2.91. The average Bonchev–Trinajstić information content (AvgIpc) is 2.23. The van der Waals surface area contributed by atoms with Gasteiger partial charge < -0.3 is 14.8 Å². The van der Waals surface area contributed by atoms with Gasteiger partial charge in [-0.15, -0.1) is 0 Å². The van der Waals surface area contributed by atoms with Gasteiger partial charge in [-0.2, -0.15) is 0 Å². The summed E-state index contributed by atoms with van der Waals surface area (Å²) in [6, 6.07) is 0.357. The van der Waals surface area contributed by atoms with E-state index in [0.29, 0.717) is 25.8 Å². The van der Waals surface area contributed by atoms with Gasteiger partial charge in [0.15, 0.2) is 0 Å². The third kappa shape index (κ3) is 5.02. The molecule has 0 spiro atoms. The van der Waals surface area contributed by atoms with E-state index in [1.807, 2.05) is 13.8 Å². The van der Waals surface area contributed by atoms with Crippen LogP contribution in [0.15, 0.2) is 0 Å². The van der Waals surface area contributed by atoms with Gasteiger partial charge in [0.25, 0.3) is 0 Å². The summed E-state index contributed by atoms with van der Waals surface area (Å²) < 4.78 is 10.5. The summed E-state index contributed by atoms with van der Waals surface area (Å²) in [5, 5.41) is 2.92. The van der Waals surface area contributed by atoms with Crippen LogP contribution in [-0.2, 0) is 14.3 Å². The Hall–Kier alpha value is -0.650. The van der Waals surface area contributed by atoms with Gasteiger partial charge >= 0.3 is 0 Å². The zero-order valence-electron chi connectivity index (χ0n) is 11.2. The zero-order valence-corrected chi connectivity index (χ0v) is 11.2. The molecular weight excluding hydrogens is 220 g/mol. The first-order valence-electron chi connectivity index (χ1n) is 6.17. The van der Waals surface area contributed by atoms with E-state index in [1.165, 1.54) is 0 Å². The largest absolute Gasteiger partial charge is 0.383 e. The molecule has 0 aliphatic carbocycles. The lowest BCUT2D eigenvalue weighted by Crippen LogP contribution is -2.52. The number of ether oxygens (including phenoxy) is 2. The van der Waals surface area contributed by atoms with E-state index < -0.39 is 0 Å². The Kier molecular flexibility index (Phi) is 5.88. The molecule has 1 fully saturated rings. The predicted octanol–water partition coefficient (Wildman–Crippen LogP) is 0.247. The van der Waals surface area contributed by atoms with Crippen molar-refractivity contribution >= 4 is 5.91 Å². The quantitative estimate of drug-likeness (QED) is 0.753. The van der Waals surface area contributed by atoms with Crippen LogP contribution in [0.5, 0.6) is 0 Å². The van der Waals surface area contributed by atoms with Gasteiger partial charge in [-0.05, 0) is 20.8 Å². The Morgan fingerprint density at radius 3 is 2.94 bits per heavy atom. The second-order valence-corrected chi connectivity index (χ2v) is 4.85. The molecule has 1 aliphatic rings. The highest BCUT2D eigenvalue weighted by atomic mass is 16.5. The third-order valence-corrected chi connectivity index (χ3v) is 2.91. The highest BCUT2D eigenvalue weighted by Crippen LogP contribution is 2.10. The normalized spacial score (nSPS) is 27.8. The summed E-state index contributed by atoms with van der Waals surface area (Å²) in [6.45, 7) is 8.54. The molecule has 0 saturated carbocycles. The fraction of sp³-hybridized carbons (Fsp3) is 0.917. The van der Waals surface area contributed by atoms with E-state index in [2.05, 4.69) is 17.1 Å². The van der Waals surface area contributed by atoms with Crippen LogP contribution in [0.25, 0.3) is 0 Å². The van der Waals surface area contributed by atoms with Crippen LogP contribution in [0.2, 0.25) is 0 Å². The lowest BCUT2D eigenvalue weighted by atomic mass is 10.2. The van der Waals surface area contributed by atoms with Gasteiger partial charge in [-0.25, -0.2) is 0 Å². The molecule has 17 heavy (non-hydrogen) atoms. The molecule has 0 aromatic heterocycles. The smallest absolute Gasteiger partial charge is 0.234 e. The first-order valence-corrected chi connectivity index (χ1v) is 6.17. The number of rotatable bonds is 5. The minimum absolute atomic E-state index is 0.0514. The van der Waals surface area contributed by atoms with Crippen LogP contribution < -0.4 is 5.32 Å². The van der Waals surface area contributed by atoms with Crippen LogP contribution in [-0.4, -0.2) is 62.4 Å². The Morgan fingerprint density at radius 2 is 2.29 bits per heavy atom. The van der Waals surface area contributed by atoms with E-state index in [1.54, 1.807) is 7.11 Å². The molecule has 1 rings (SSSR count). The minimum atomic E-state index is 0.0514. The Balaban J connectivity index is 2.33. The molecule has 0 radical (unpaired) electrons. The SMILES string of the molecule is COCC(C)NC(=O)CN1CC(C)OCC1C. The van der Waals surface area contributed by atoms with E-state index >= 15 is 0 Å². The number of nitrogens with one attached hydrogen (secondary N) is 1. The van der Waals surface area contributed by atoms with Gasteiger partial charge in [0.05, 0.1) is 25.9 Å². The van der Waals surface area contributed by atoms with Crippen molar-refractivity contribution in [2.75, 3.05) is 33.4 Å². The second-order valence-electron chi connectivity index (χ2n) is 4.85. The van der Waals surface area contributed by atoms with Gasteiger partial charge in [0.2, 0.25) is 5.91 Å². The highest BCUT2D eigenvalue weighted by Gasteiger charge is 2.25. The molecule has 1 amide bonds. The first kappa shape index (κ1) is 14.4. The molecule has 3 unspecified atom stereocenters. The van der Waals surface area contributed by atoms with Crippen molar-refractivity contribution in [3.63, 3.8) is 0 Å². The molecule has 1 saturated heterocycles. The van der Waals surface area contributed by atoms with E-state index in [-0.39, 0.29) is 18.1 Å². The number of carbonyl (C=O) groups excluding carboxylic acids is 1. The monoisotopic (exact) mass is 244 g/mol. The predicted molar refractivity (Wildman–Crippen MR) is 65.9 cm³/mol. The Labute approximate surface area is 103 Å². The fourth-order valence-electron chi connectivity index (χ4n) is 1.99. The van der Waals surface area contributed by atoms with Crippen LogP contribution >= 0.6 is 0 Å². The number of amides is 1. The first-order chi connectivity index (χ1) is 8.02. The van der Waals surface area contributed by atoms with Crippen molar-refractivity contribution < 1.29 is 14.3 Å². The molecule has 1 aliphatic heterocycles. The van der Waals surface area contributed by atoms with Gasteiger partial charge in [0.1, 0.15) is 0 Å². The molecule has 100 valence electrons. The lowest BCUT2D eigenvalue weighted by Gasteiger charge is -2.36. The Morgan fingerprint density at radius 1 is 1.59 bits per heavy atom. The van der Waals surface area contributed by atoms with E-state index in [0.717, 1.165) is 6.54 Å². The molecule has 0 bridgehead atoms. The zero-order chi connectivity index (χ0) is 12.8. The molecule has 5 nitrogen and oxygen atoms in total. The number of hydrogen-bond donors (Lipinski definition) is 1. The summed E-state index contributed by atoms with van der Waals surface area (Å²) in [5.41, 5.74) is 0. The minimum Gasteiger partial charge on any atom is -0.383 e. The number of hydrogen-bond acceptors (Lipinski definition) is 4. The standard InChI is InChI=1S/C12H24N2O3/c1-9(7-16-4)13-12(15)6-14-5-11(3)17-8-10(14)2/h9-11H,5-8H2,1-4H3,(H,13,15). The van der Waals surface area contributed by atoms with Crippen molar-refractivity contribution in [3.8, 4) is 0 Å². The highest BCUT2D eigenvalue weighted by molar-refractivity contribution is 5.78. The van der Waals surface area contributed by atoms with Gasteiger partial charge in [-0.1, -0.05) is 0 Å². The van der Waals surface area contributed by atoms with Crippen LogP contribution in [0.4, 0.5) is 0 Å². The summed E-state index contributed by atoms with van der Waals surface area (Å²) in [7, 11) is 1.63. The molecule has 0 aromatic rings. The van der Waals surface area contributed by atoms with Crippen molar-refractivity contribution in [3.05, 3.63) is 0 Å². The van der Waals surface area contributed by atoms with Gasteiger partial charge in [0, 0.05) is 25.7 Å². The van der Waals surface area contributed by atoms with Crippen LogP contribution in [0.3, 0.4) is 0 Å².